The van der Waals surface area contributed by atoms with Gasteiger partial charge < -0.3 is 9.84 Å². The maximum absolute atomic E-state index is 15.1. The molecule has 1 N–H and O–H groups in total. The van der Waals surface area contributed by atoms with Gasteiger partial charge in [0.2, 0.25) is 0 Å². The van der Waals surface area contributed by atoms with E-state index in [1.54, 1.807) is 0 Å². The zero-order valence-corrected chi connectivity index (χ0v) is 19.8. The number of piperidine rings is 1. The number of benzene rings is 2. The average molecular weight is 494 g/mol. The molecular formula is C27H31F4NO3. The summed E-state index contributed by atoms with van der Waals surface area (Å²) in [7, 11) is 0. The highest BCUT2D eigenvalue weighted by Gasteiger charge is 2.43. The second kappa shape index (κ2) is 9.26. The summed E-state index contributed by atoms with van der Waals surface area (Å²) in [5.41, 5.74) is -0.639. The van der Waals surface area contributed by atoms with Crippen LogP contribution < -0.4 is 4.74 Å². The Hall–Kier alpha value is -2.35. The summed E-state index contributed by atoms with van der Waals surface area (Å²) in [6.45, 7) is 2.31. The van der Waals surface area contributed by atoms with Gasteiger partial charge in [-0.15, -0.1) is 0 Å². The van der Waals surface area contributed by atoms with E-state index in [1.807, 2.05) is 0 Å². The maximum Gasteiger partial charge on any atom is 0.420 e. The lowest BCUT2D eigenvalue weighted by molar-refractivity contribution is -0.144. The van der Waals surface area contributed by atoms with Crippen molar-refractivity contribution < 1.29 is 32.2 Å². The Morgan fingerprint density at radius 1 is 1.06 bits per heavy atom. The largest absolute Gasteiger partial charge is 0.490 e. The SMILES string of the molecule is CC1CCC(Oc2ccc3cc(F)c(CN4C5CCC4CC(C(=O)O)C5)cc3c2C(F)(F)F)CC1. The van der Waals surface area contributed by atoms with E-state index in [-0.39, 0.29) is 46.8 Å². The lowest BCUT2D eigenvalue weighted by Gasteiger charge is -2.37. The van der Waals surface area contributed by atoms with Gasteiger partial charge in [-0.1, -0.05) is 13.0 Å². The van der Waals surface area contributed by atoms with Crippen LogP contribution in [0.5, 0.6) is 5.75 Å². The first-order valence-corrected chi connectivity index (χ1v) is 12.6. The third kappa shape index (κ3) is 4.86. The third-order valence-electron chi connectivity index (χ3n) is 8.28. The second-order valence-corrected chi connectivity index (χ2v) is 10.7. The van der Waals surface area contributed by atoms with E-state index in [1.165, 1.54) is 24.3 Å². The van der Waals surface area contributed by atoms with Gasteiger partial charge in [-0.05, 0) is 86.3 Å². The molecule has 8 heteroatoms. The van der Waals surface area contributed by atoms with Crippen molar-refractivity contribution in [1.82, 2.24) is 4.90 Å². The Kier molecular flexibility index (Phi) is 6.45. The molecule has 2 heterocycles. The van der Waals surface area contributed by atoms with Crippen molar-refractivity contribution in [3.63, 3.8) is 0 Å². The molecule has 2 aliphatic heterocycles. The topological polar surface area (TPSA) is 49.8 Å². The van der Waals surface area contributed by atoms with Crippen molar-refractivity contribution in [2.24, 2.45) is 11.8 Å². The number of alkyl halides is 3. The summed E-state index contributed by atoms with van der Waals surface area (Å²) >= 11 is 0. The summed E-state index contributed by atoms with van der Waals surface area (Å²) in [5, 5.41) is 9.54. The van der Waals surface area contributed by atoms with Crippen LogP contribution in [0.3, 0.4) is 0 Å². The van der Waals surface area contributed by atoms with E-state index in [0.717, 1.165) is 38.5 Å². The first-order valence-electron chi connectivity index (χ1n) is 12.6. The number of fused-ring (bicyclic) bond motifs is 3. The molecule has 3 fully saturated rings. The Balaban J connectivity index is 1.47. The van der Waals surface area contributed by atoms with E-state index < -0.39 is 29.4 Å². The average Bonchev–Trinajstić information content (AvgIpc) is 3.01. The molecule has 0 spiro atoms. The highest BCUT2D eigenvalue weighted by atomic mass is 19.4. The number of ether oxygens (including phenoxy) is 1. The van der Waals surface area contributed by atoms with E-state index in [2.05, 4.69) is 11.8 Å². The van der Waals surface area contributed by atoms with E-state index in [0.29, 0.717) is 18.8 Å². The molecule has 35 heavy (non-hydrogen) atoms. The predicted molar refractivity (Wildman–Crippen MR) is 124 cm³/mol. The highest BCUT2D eigenvalue weighted by Crippen LogP contribution is 2.44. The van der Waals surface area contributed by atoms with Gasteiger partial charge in [-0.3, -0.25) is 9.69 Å². The number of nitrogens with zero attached hydrogens (tertiary/aromatic N) is 1. The van der Waals surface area contributed by atoms with Crippen molar-refractivity contribution in [2.45, 2.75) is 89.2 Å². The Bertz CT molecular complexity index is 1100. The molecule has 190 valence electrons. The predicted octanol–water partition coefficient (Wildman–Crippen LogP) is 6.78. The first-order chi connectivity index (χ1) is 16.6. The highest BCUT2D eigenvalue weighted by molar-refractivity contribution is 5.89. The van der Waals surface area contributed by atoms with Gasteiger partial charge >= 0.3 is 12.1 Å². The van der Waals surface area contributed by atoms with Crippen LogP contribution in [0.2, 0.25) is 0 Å². The zero-order chi connectivity index (χ0) is 24.9. The van der Waals surface area contributed by atoms with Crippen LogP contribution in [0.25, 0.3) is 10.8 Å². The molecule has 2 bridgehead atoms. The molecule has 0 amide bonds. The number of aliphatic carboxylic acids is 1. The van der Waals surface area contributed by atoms with Crippen molar-refractivity contribution in [1.29, 1.82) is 0 Å². The lowest BCUT2D eigenvalue weighted by atomic mass is 9.89. The summed E-state index contributed by atoms with van der Waals surface area (Å²) < 4.78 is 63.8. The molecule has 4 nitrogen and oxygen atoms in total. The molecule has 0 radical (unpaired) electrons. The van der Waals surface area contributed by atoms with E-state index >= 15 is 4.39 Å². The van der Waals surface area contributed by atoms with Crippen LogP contribution in [0.15, 0.2) is 24.3 Å². The molecule has 5 rings (SSSR count). The number of carbonyl (C=O) groups is 1. The minimum atomic E-state index is -4.65. The fraction of sp³-hybridized carbons (Fsp3) is 0.593. The number of hydrogen-bond donors (Lipinski definition) is 1. The van der Waals surface area contributed by atoms with Gasteiger partial charge in [0.05, 0.1) is 12.0 Å². The molecule has 1 saturated carbocycles. The second-order valence-electron chi connectivity index (χ2n) is 10.7. The fourth-order valence-electron chi connectivity index (χ4n) is 6.34. The van der Waals surface area contributed by atoms with Gasteiger partial charge in [0, 0.05) is 24.2 Å². The molecule has 0 aromatic heterocycles. The minimum absolute atomic E-state index is 0.00962. The van der Waals surface area contributed by atoms with Crippen molar-refractivity contribution in [3.8, 4) is 5.75 Å². The Morgan fingerprint density at radius 3 is 2.31 bits per heavy atom. The summed E-state index contributed by atoms with van der Waals surface area (Å²) in [6, 6.07) is 5.34. The Morgan fingerprint density at radius 2 is 1.71 bits per heavy atom. The lowest BCUT2D eigenvalue weighted by Crippen LogP contribution is -2.44. The standard InChI is InChI=1S/C27H31F4NO3/c1-15-2-7-21(8-3-15)35-24-9-4-16-13-23(28)18(12-22(16)25(24)27(29,30)31)14-32-19-5-6-20(32)11-17(10-19)26(33)34/h4,9,12-13,15,17,19-21H,2-3,5-8,10-11,14H2,1H3,(H,33,34). The van der Waals surface area contributed by atoms with E-state index in [4.69, 9.17) is 4.74 Å². The van der Waals surface area contributed by atoms with Crippen molar-refractivity contribution in [3.05, 3.63) is 41.2 Å². The molecule has 2 aromatic carbocycles. The number of halogens is 4. The smallest absolute Gasteiger partial charge is 0.420 e. The van der Waals surface area contributed by atoms with Crippen molar-refractivity contribution in [2.75, 3.05) is 0 Å². The summed E-state index contributed by atoms with van der Waals surface area (Å²) in [6.07, 6.45) is 1.04. The Labute approximate surface area is 202 Å². The molecular weight excluding hydrogens is 462 g/mol. The molecule has 2 unspecified atom stereocenters. The van der Waals surface area contributed by atoms with Crippen LogP contribution >= 0.6 is 0 Å². The number of carboxylic acid groups (broad SMARTS) is 1. The van der Waals surface area contributed by atoms with Gasteiger partial charge in [-0.2, -0.15) is 13.2 Å². The number of hydrogen-bond acceptors (Lipinski definition) is 3. The minimum Gasteiger partial charge on any atom is -0.490 e. The van der Waals surface area contributed by atoms with Gasteiger partial charge in [0.1, 0.15) is 17.1 Å². The third-order valence-corrected chi connectivity index (χ3v) is 8.28. The zero-order valence-electron chi connectivity index (χ0n) is 19.8. The van der Waals surface area contributed by atoms with Crippen LogP contribution in [-0.2, 0) is 17.5 Å². The number of carboxylic acids is 1. The molecule has 2 atom stereocenters. The maximum atomic E-state index is 15.1. The summed E-state index contributed by atoms with van der Waals surface area (Å²) in [5.74, 6) is -1.41. The van der Waals surface area contributed by atoms with Crippen molar-refractivity contribution >= 4 is 16.7 Å². The van der Waals surface area contributed by atoms with Crippen LogP contribution in [0.4, 0.5) is 17.6 Å². The quantitative estimate of drug-likeness (QED) is 0.467. The van der Waals surface area contributed by atoms with Gasteiger partial charge in [0.15, 0.2) is 0 Å². The van der Waals surface area contributed by atoms with Crippen LogP contribution in [0, 0.1) is 17.7 Å². The van der Waals surface area contributed by atoms with Crippen LogP contribution in [-0.4, -0.2) is 34.2 Å². The molecule has 2 saturated heterocycles. The van der Waals surface area contributed by atoms with E-state index in [9.17, 15) is 23.1 Å². The van der Waals surface area contributed by atoms with Gasteiger partial charge in [0.25, 0.3) is 0 Å². The molecule has 1 aliphatic carbocycles. The monoisotopic (exact) mass is 493 g/mol. The van der Waals surface area contributed by atoms with Crippen LogP contribution in [0.1, 0.15) is 69.4 Å². The summed E-state index contributed by atoms with van der Waals surface area (Å²) in [4.78, 5) is 13.5. The molecule has 2 aromatic rings. The first kappa shape index (κ1) is 24.3. The fourth-order valence-corrected chi connectivity index (χ4v) is 6.34. The number of rotatable bonds is 5. The molecule has 3 aliphatic rings. The van der Waals surface area contributed by atoms with Gasteiger partial charge in [-0.25, -0.2) is 4.39 Å². The normalized spacial score (nSPS) is 29.5.